The molecule has 0 fully saturated rings. The molecule has 0 amide bonds. The van der Waals surface area contributed by atoms with E-state index in [0.717, 1.165) is 23.4 Å². The Morgan fingerprint density at radius 1 is 0.773 bits per heavy atom. The topological polar surface area (TPSA) is 32.3 Å². The van der Waals surface area contributed by atoms with Crippen molar-refractivity contribution in [3.8, 4) is 5.75 Å². The number of nitrogens with one attached hydrogen (secondary N) is 1. The molecule has 0 aromatic heterocycles. The summed E-state index contributed by atoms with van der Waals surface area (Å²) < 4.78 is 0. The number of phenolic OH excluding ortho intramolecular Hbond substituents is 1. The molecule has 0 saturated carbocycles. The van der Waals surface area contributed by atoms with Crippen LogP contribution in [0.3, 0.4) is 0 Å². The molecule has 0 atom stereocenters. The molecule has 0 bridgehead atoms. The SMILES string of the molecule is CCCCCCCCCCCCNc1ccc(O)c(C)c1C. The van der Waals surface area contributed by atoms with Crippen LogP contribution in [-0.4, -0.2) is 11.7 Å². The lowest BCUT2D eigenvalue weighted by molar-refractivity contribution is 0.470. The summed E-state index contributed by atoms with van der Waals surface area (Å²) in [5.74, 6) is 0.391. The lowest BCUT2D eigenvalue weighted by Gasteiger charge is -2.12. The van der Waals surface area contributed by atoms with Gasteiger partial charge in [0.2, 0.25) is 0 Å². The molecule has 0 radical (unpaired) electrons. The highest BCUT2D eigenvalue weighted by Gasteiger charge is 2.04. The zero-order valence-corrected chi connectivity index (χ0v) is 14.9. The Morgan fingerprint density at radius 3 is 1.91 bits per heavy atom. The summed E-state index contributed by atoms with van der Waals surface area (Å²) >= 11 is 0. The maximum Gasteiger partial charge on any atom is 0.118 e. The van der Waals surface area contributed by atoms with Crippen LogP contribution in [0.1, 0.15) is 82.3 Å². The zero-order chi connectivity index (χ0) is 16.2. The minimum Gasteiger partial charge on any atom is -0.508 e. The lowest BCUT2D eigenvalue weighted by atomic mass is 10.1. The van der Waals surface area contributed by atoms with Gasteiger partial charge in [-0.15, -0.1) is 0 Å². The summed E-state index contributed by atoms with van der Waals surface area (Å²) in [5, 5.41) is 13.2. The fraction of sp³-hybridized carbons (Fsp3) is 0.700. The molecule has 0 aliphatic heterocycles. The molecule has 1 aromatic carbocycles. The summed E-state index contributed by atoms with van der Waals surface area (Å²) in [6, 6.07) is 3.76. The Balaban J connectivity index is 2.01. The Morgan fingerprint density at radius 2 is 1.32 bits per heavy atom. The molecule has 0 aliphatic carbocycles. The number of anilines is 1. The predicted molar refractivity (Wildman–Crippen MR) is 97.9 cm³/mol. The van der Waals surface area contributed by atoms with Crippen molar-refractivity contribution in [3.63, 3.8) is 0 Å². The van der Waals surface area contributed by atoms with E-state index in [1.54, 1.807) is 6.07 Å². The van der Waals surface area contributed by atoms with Crippen LogP contribution in [0.5, 0.6) is 5.75 Å². The van der Waals surface area contributed by atoms with Crippen LogP contribution in [0.2, 0.25) is 0 Å². The molecule has 2 N–H and O–H groups in total. The highest BCUT2D eigenvalue weighted by Crippen LogP contribution is 2.26. The highest BCUT2D eigenvalue weighted by atomic mass is 16.3. The number of benzene rings is 1. The van der Waals surface area contributed by atoms with Gasteiger partial charge in [-0.2, -0.15) is 0 Å². The first-order chi connectivity index (χ1) is 10.7. The first kappa shape index (κ1) is 18.9. The Bertz CT molecular complexity index is 414. The van der Waals surface area contributed by atoms with Crippen molar-refractivity contribution in [1.82, 2.24) is 0 Å². The molecule has 2 nitrogen and oxygen atoms in total. The van der Waals surface area contributed by atoms with Crippen molar-refractivity contribution in [1.29, 1.82) is 0 Å². The van der Waals surface area contributed by atoms with Gasteiger partial charge >= 0.3 is 0 Å². The number of hydrogen-bond acceptors (Lipinski definition) is 2. The second-order valence-corrected chi connectivity index (χ2v) is 6.49. The molecule has 0 saturated heterocycles. The zero-order valence-electron chi connectivity index (χ0n) is 14.9. The Hall–Kier alpha value is -1.18. The van der Waals surface area contributed by atoms with Crippen LogP contribution in [0.15, 0.2) is 12.1 Å². The predicted octanol–water partition coefficient (Wildman–Crippen LogP) is 6.34. The number of hydrogen-bond donors (Lipinski definition) is 2. The van der Waals surface area contributed by atoms with E-state index >= 15 is 0 Å². The summed E-state index contributed by atoms with van der Waals surface area (Å²) in [6.07, 6.45) is 13.7. The van der Waals surface area contributed by atoms with E-state index in [-0.39, 0.29) is 0 Å². The number of aromatic hydroxyl groups is 1. The molecular weight excluding hydrogens is 270 g/mol. The molecular formula is C20H35NO. The monoisotopic (exact) mass is 305 g/mol. The molecule has 0 heterocycles. The van der Waals surface area contributed by atoms with E-state index in [1.165, 1.54) is 64.2 Å². The summed E-state index contributed by atoms with van der Waals surface area (Å²) in [7, 11) is 0. The molecule has 0 spiro atoms. The van der Waals surface area contributed by atoms with Crippen molar-refractivity contribution in [2.45, 2.75) is 85.0 Å². The maximum absolute atomic E-state index is 9.66. The molecule has 22 heavy (non-hydrogen) atoms. The largest absolute Gasteiger partial charge is 0.508 e. The van der Waals surface area contributed by atoms with Gasteiger partial charge in [-0.05, 0) is 43.5 Å². The van der Waals surface area contributed by atoms with E-state index in [9.17, 15) is 5.11 Å². The highest BCUT2D eigenvalue weighted by molar-refractivity contribution is 5.57. The quantitative estimate of drug-likeness (QED) is 0.349. The van der Waals surface area contributed by atoms with Gasteiger partial charge in [0.05, 0.1) is 0 Å². The third-order valence-electron chi connectivity index (χ3n) is 4.60. The van der Waals surface area contributed by atoms with Gasteiger partial charge in [0, 0.05) is 12.2 Å². The molecule has 0 unspecified atom stereocenters. The van der Waals surface area contributed by atoms with E-state index in [4.69, 9.17) is 0 Å². The molecule has 1 rings (SSSR count). The first-order valence-electron chi connectivity index (χ1n) is 9.19. The van der Waals surface area contributed by atoms with Crippen molar-refractivity contribution < 1.29 is 5.11 Å². The van der Waals surface area contributed by atoms with Crippen molar-refractivity contribution in [2.24, 2.45) is 0 Å². The number of rotatable bonds is 12. The van der Waals surface area contributed by atoms with E-state index in [0.29, 0.717) is 5.75 Å². The third-order valence-corrected chi connectivity index (χ3v) is 4.60. The van der Waals surface area contributed by atoms with Crippen molar-refractivity contribution in [3.05, 3.63) is 23.3 Å². The Kier molecular flexibility index (Phi) is 9.77. The van der Waals surface area contributed by atoms with E-state index in [1.807, 2.05) is 13.0 Å². The molecule has 0 aliphatic rings. The minimum absolute atomic E-state index is 0.391. The second-order valence-electron chi connectivity index (χ2n) is 6.49. The van der Waals surface area contributed by atoms with Gasteiger partial charge in [-0.25, -0.2) is 0 Å². The Labute approximate surface area is 137 Å². The second kappa shape index (κ2) is 11.4. The molecule has 1 aromatic rings. The average Bonchev–Trinajstić information content (AvgIpc) is 2.52. The third kappa shape index (κ3) is 7.20. The fourth-order valence-corrected chi connectivity index (χ4v) is 2.83. The smallest absolute Gasteiger partial charge is 0.118 e. The van der Waals surface area contributed by atoms with Gasteiger partial charge in [0.15, 0.2) is 0 Å². The van der Waals surface area contributed by atoms with Crippen LogP contribution in [0.4, 0.5) is 5.69 Å². The molecule has 2 heteroatoms. The van der Waals surface area contributed by atoms with E-state index < -0.39 is 0 Å². The average molecular weight is 306 g/mol. The summed E-state index contributed by atoms with van der Waals surface area (Å²) in [6.45, 7) is 7.34. The maximum atomic E-state index is 9.66. The number of phenols is 1. The first-order valence-corrected chi connectivity index (χ1v) is 9.19. The van der Waals surface area contributed by atoms with Gasteiger partial charge in [-0.3, -0.25) is 0 Å². The van der Waals surface area contributed by atoms with Gasteiger partial charge in [0.1, 0.15) is 5.75 Å². The van der Waals surface area contributed by atoms with Gasteiger partial charge in [-0.1, -0.05) is 64.7 Å². The normalized spacial score (nSPS) is 10.9. The van der Waals surface area contributed by atoms with Crippen LogP contribution >= 0.6 is 0 Å². The van der Waals surface area contributed by atoms with E-state index in [2.05, 4.69) is 19.2 Å². The van der Waals surface area contributed by atoms with Crippen LogP contribution in [-0.2, 0) is 0 Å². The summed E-state index contributed by atoms with van der Waals surface area (Å²) in [4.78, 5) is 0. The van der Waals surface area contributed by atoms with Crippen LogP contribution in [0.25, 0.3) is 0 Å². The van der Waals surface area contributed by atoms with Crippen molar-refractivity contribution in [2.75, 3.05) is 11.9 Å². The fourth-order valence-electron chi connectivity index (χ4n) is 2.83. The van der Waals surface area contributed by atoms with Gasteiger partial charge < -0.3 is 10.4 Å². The van der Waals surface area contributed by atoms with Crippen LogP contribution in [0, 0.1) is 13.8 Å². The number of unbranched alkanes of at least 4 members (excludes halogenated alkanes) is 9. The molecule has 126 valence electrons. The van der Waals surface area contributed by atoms with Gasteiger partial charge in [0.25, 0.3) is 0 Å². The van der Waals surface area contributed by atoms with Crippen LogP contribution < -0.4 is 5.32 Å². The standard InChI is InChI=1S/C20H35NO/c1-4-5-6-7-8-9-10-11-12-13-16-21-19-14-15-20(22)18(3)17(19)2/h14-15,21-22H,4-13,16H2,1-3H3. The lowest BCUT2D eigenvalue weighted by Crippen LogP contribution is -2.03. The minimum atomic E-state index is 0.391. The summed E-state index contributed by atoms with van der Waals surface area (Å²) in [5.41, 5.74) is 3.30. The van der Waals surface area contributed by atoms with Crippen molar-refractivity contribution >= 4 is 5.69 Å².